The Kier molecular flexibility index (Phi) is 12.9. The molecule has 1 fully saturated rings. The minimum atomic E-state index is -3.97. The molecule has 1 aliphatic heterocycles. The van der Waals surface area contributed by atoms with Gasteiger partial charge in [-0.25, -0.2) is 13.4 Å². The van der Waals surface area contributed by atoms with Crippen LogP contribution in [0.3, 0.4) is 0 Å². The molecule has 294 valence electrons. The van der Waals surface area contributed by atoms with E-state index in [1.807, 2.05) is 104 Å². The first kappa shape index (κ1) is 40.1. The third kappa shape index (κ3) is 10.2. The first-order chi connectivity index (χ1) is 27.6. The van der Waals surface area contributed by atoms with Crippen LogP contribution in [0.15, 0.2) is 144 Å². The van der Waals surface area contributed by atoms with Gasteiger partial charge in [-0.05, 0) is 71.0 Å². The maximum Gasteiger partial charge on any atom is 0.241 e. The topological polar surface area (TPSA) is 156 Å². The Morgan fingerprint density at radius 3 is 2.28 bits per heavy atom. The van der Waals surface area contributed by atoms with Gasteiger partial charge in [0.1, 0.15) is 12.4 Å². The summed E-state index contributed by atoms with van der Waals surface area (Å²) in [4.78, 5) is 18.1. The summed E-state index contributed by atoms with van der Waals surface area (Å²) < 4.78 is 42.7. The number of carbonyl (C=O) groups excluding carboxylic acids is 1. The number of aliphatic hydroxyl groups excluding tert-OH is 1. The Morgan fingerprint density at radius 1 is 0.842 bits per heavy atom. The second kappa shape index (κ2) is 18.4. The summed E-state index contributed by atoms with van der Waals surface area (Å²) in [5.41, 5.74) is 7.18. The third-order valence-corrected chi connectivity index (χ3v) is 12.5. The second-order valence-electron chi connectivity index (χ2n) is 14.1. The lowest BCUT2D eigenvalue weighted by Crippen LogP contribution is -2.47. The summed E-state index contributed by atoms with van der Waals surface area (Å²) in [6.07, 6.45) is 0.572. The summed E-state index contributed by atoms with van der Waals surface area (Å²) in [5, 5.41) is 20.2. The minimum absolute atomic E-state index is 0.0110. The molecule has 1 amide bonds. The number of nitrogens with zero attached hydrogens (tertiary/aromatic N) is 2. The van der Waals surface area contributed by atoms with Gasteiger partial charge >= 0.3 is 0 Å². The van der Waals surface area contributed by atoms with E-state index in [-0.39, 0.29) is 42.6 Å². The van der Waals surface area contributed by atoms with Gasteiger partial charge in [0.15, 0.2) is 11.4 Å². The number of hydrogen-bond acceptors (Lipinski definition) is 9. The molecule has 4 N–H and O–H groups in total. The molecule has 0 radical (unpaired) electrons. The zero-order chi connectivity index (χ0) is 39.8. The van der Waals surface area contributed by atoms with E-state index in [1.165, 1.54) is 18.5 Å². The first-order valence-electron chi connectivity index (χ1n) is 18.7. The van der Waals surface area contributed by atoms with Gasteiger partial charge in [0.05, 0.1) is 23.7 Å². The van der Waals surface area contributed by atoms with Crippen molar-refractivity contribution in [1.29, 1.82) is 0 Å². The van der Waals surface area contributed by atoms with Crippen molar-refractivity contribution in [3.63, 3.8) is 0 Å². The Bertz CT molecular complexity index is 2340. The van der Waals surface area contributed by atoms with Crippen LogP contribution in [0, 0.1) is 12.8 Å². The van der Waals surface area contributed by atoms with E-state index in [9.17, 15) is 18.3 Å². The van der Waals surface area contributed by atoms with Gasteiger partial charge in [0.25, 0.3) is 0 Å². The summed E-state index contributed by atoms with van der Waals surface area (Å²) in [5.74, 6) is 0.213. The van der Waals surface area contributed by atoms with Gasteiger partial charge in [0, 0.05) is 23.8 Å². The molecule has 57 heavy (non-hydrogen) atoms. The SMILES string of the molecule is Cc1ccc(S(=O)(=O)N[C@H](Cc2ccccc2)C(=O)NCc2cccc(-c3cccc([C@@H]4O[C@H](CSc5ncn[nH]5)[C@H](C)[C@H](c5ccc(CO)cc5)O4)c3)c2)cc1. The number of aromatic amines is 1. The third-order valence-electron chi connectivity index (χ3n) is 10.0. The summed E-state index contributed by atoms with van der Waals surface area (Å²) in [7, 11) is -3.97. The molecule has 0 aliphatic carbocycles. The van der Waals surface area contributed by atoms with E-state index >= 15 is 0 Å². The van der Waals surface area contributed by atoms with Crippen LogP contribution in [0.25, 0.3) is 11.1 Å². The summed E-state index contributed by atoms with van der Waals surface area (Å²) in [6.45, 7) is 4.17. The number of rotatable bonds is 15. The number of H-pyrrole nitrogens is 1. The van der Waals surface area contributed by atoms with Crippen LogP contribution >= 0.6 is 11.8 Å². The molecule has 2 heterocycles. The second-order valence-corrected chi connectivity index (χ2v) is 16.9. The highest BCUT2D eigenvalue weighted by molar-refractivity contribution is 7.99. The lowest BCUT2D eigenvalue weighted by Gasteiger charge is -2.41. The Hall–Kier alpha value is -5.15. The van der Waals surface area contributed by atoms with Crippen molar-refractivity contribution >= 4 is 27.7 Å². The number of aromatic nitrogens is 3. The molecule has 0 saturated carbocycles. The zero-order valence-electron chi connectivity index (χ0n) is 31.6. The van der Waals surface area contributed by atoms with E-state index < -0.39 is 28.3 Å². The maximum atomic E-state index is 13.7. The van der Waals surface area contributed by atoms with E-state index in [2.05, 4.69) is 38.2 Å². The monoisotopic (exact) mass is 803 g/mol. The largest absolute Gasteiger partial charge is 0.392 e. The van der Waals surface area contributed by atoms with Crippen LogP contribution in [0.2, 0.25) is 0 Å². The van der Waals surface area contributed by atoms with Gasteiger partial charge in [-0.3, -0.25) is 9.89 Å². The highest BCUT2D eigenvalue weighted by Gasteiger charge is 2.38. The molecule has 6 aromatic rings. The lowest BCUT2D eigenvalue weighted by molar-refractivity contribution is -0.268. The molecule has 7 rings (SSSR count). The average molecular weight is 804 g/mol. The fraction of sp³-hybridized carbons (Fsp3) is 0.250. The van der Waals surface area contributed by atoms with Gasteiger partial charge in [-0.2, -0.15) is 9.82 Å². The predicted octanol–water partition coefficient (Wildman–Crippen LogP) is 7.06. The molecule has 5 atom stereocenters. The molecule has 1 saturated heterocycles. The van der Waals surface area contributed by atoms with E-state index in [0.29, 0.717) is 10.9 Å². The van der Waals surface area contributed by atoms with Crippen LogP contribution < -0.4 is 10.0 Å². The van der Waals surface area contributed by atoms with Crippen molar-refractivity contribution in [3.8, 4) is 11.1 Å². The molecule has 0 unspecified atom stereocenters. The van der Waals surface area contributed by atoms with Crippen LogP contribution in [0.5, 0.6) is 0 Å². The van der Waals surface area contributed by atoms with Crippen molar-refractivity contribution in [2.75, 3.05) is 5.75 Å². The fourth-order valence-corrected chi connectivity index (χ4v) is 8.92. The van der Waals surface area contributed by atoms with Crippen molar-refractivity contribution in [2.24, 2.45) is 5.92 Å². The Balaban J connectivity index is 1.07. The number of nitrogens with one attached hydrogen (secondary N) is 3. The Labute approximate surface area is 337 Å². The standard InChI is InChI=1S/C44H45N5O6S2/c1-29-14-20-38(21-15-29)57(52,53)49-39(23-31-8-4-3-5-9-31)42(51)45-25-33-10-6-11-35(22-33)36-12-7-13-37(24-36)43-54-40(27-56-44-46-28-47-48-44)30(2)41(55-43)34-18-16-32(26-50)17-19-34/h3-22,24,28,30,39-41,43,49-50H,23,25-27H2,1-2H3,(H,45,51)(H,46,47,48)/t30-,39+,40+,41+,43+/m0/s1. The summed E-state index contributed by atoms with van der Waals surface area (Å²) >= 11 is 1.54. The predicted molar refractivity (Wildman–Crippen MR) is 219 cm³/mol. The first-order valence-corrected chi connectivity index (χ1v) is 21.2. The molecule has 0 bridgehead atoms. The van der Waals surface area contributed by atoms with E-state index in [4.69, 9.17) is 9.47 Å². The van der Waals surface area contributed by atoms with Crippen molar-refractivity contribution in [2.45, 2.75) is 68.0 Å². The quantitative estimate of drug-likeness (QED) is 0.0799. The number of aliphatic hydroxyl groups is 1. The van der Waals surface area contributed by atoms with Crippen molar-refractivity contribution in [3.05, 3.63) is 167 Å². The van der Waals surface area contributed by atoms with Gasteiger partial charge in [-0.15, -0.1) is 0 Å². The zero-order valence-corrected chi connectivity index (χ0v) is 33.2. The number of ether oxygens (including phenoxy) is 2. The highest BCUT2D eigenvalue weighted by Crippen LogP contribution is 2.43. The molecular weight excluding hydrogens is 759 g/mol. The number of carbonyl (C=O) groups is 1. The van der Waals surface area contributed by atoms with Gasteiger partial charge in [-0.1, -0.05) is 127 Å². The van der Waals surface area contributed by atoms with E-state index in [0.717, 1.165) is 44.5 Å². The molecule has 1 aromatic heterocycles. The van der Waals surface area contributed by atoms with Crippen LogP contribution in [-0.2, 0) is 43.9 Å². The lowest BCUT2D eigenvalue weighted by atomic mass is 9.91. The number of amides is 1. The smallest absolute Gasteiger partial charge is 0.241 e. The number of thioether (sulfide) groups is 1. The highest BCUT2D eigenvalue weighted by atomic mass is 32.2. The number of hydrogen-bond donors (Lipinski definition) is 4. The average Bonchev–Trinajstić information content (AvgIpc) is 3.77. The number of benzene rings is 5. The van der Waals surface area contributed by atoms with Crippen LogP contribution in [0.4, 0.5) is 0 Å². The minimum Gasteiger partial charge on any atom is -0.392 e. The normalized spacial score (nSPS) is 18.9. The fourth-order valence-electron chi connectivity index (χ4n) is 6.78. The van der Waals surface area contributed by atoms with Gasteiger partial charge in [0.2, 0.25) is 15.9 Å². The van der Waals surface area contributed by atoms with Crippen molar-refractivity contribution in [1.82, 2.24) is 25.2 Å². The molecule has 5 aromatic carbocycles. The van der Waals surface area contributed by atoms with Crippen LogP contribution in [-0.4, -0.2) is 52.5 Å². The Morgan fingerprint density at radius 2 is 1.56 bits per heavy atom. The molecule has 11 nitrogen and oxygen atoms in total. The molecular formula is C44H45N5O6S2. The molecule has 1 aliphatic rings. The molecule has 13 heteroatoms. The molecule has 0 spiro atoms. The van der Waals surface area contributed by atoms with Crippen molar-refractivity contribution < 1.29 is 27.8 Å². The summed E-state index contributed by atoms with van der Waals surface area (Å²) in [6, 6.07) is 38.6. The number of aryl methyl sites for hydroxylation is 1. The van der Waals surface area contributed by atoms with E-state index in [1.54, 1.807) is 23.9 Å². The maximum absolute atomic E-state index is 13.7. The number of sulfonamides is 1. The van der Waals surface area contributed by atoms with Crippen LogP contribution in [0.1, 0.15) is 52.7 Å². The van der Waals surface area contributed by atoms with Gasteiger partial charge < -0.3 is 19.9 Å².